The first-order valence-corrected chi connectivity index (χ1v) is 7.67. The van der Waals surface area contributed by atoms with Crippen molar-refractivity contribution >= 4 is 17.4 Å². The monoisotopic (exact) mass is 282 g/mol. The van der Waals surface area contributed by atoms with Crippen molar-refractivity contribution in [2.75, 3.05) is 20.3 Å². The molecule has 2 atom stereocenters. The summed E-state index contributed by atoms with van der Waals surface area (Å²) >= 11 is 1.80. The van der Waals surface area contributed by atoms with E-state index < -0.39 is 0 Å². The summed E-state index contributed by atoms with van der Waals surface area (Å²) < 4.78 is 5.06. The molecular formula is C14H22N2O2S. The number of ether oxygens (including phenoxy) is 1. The van der Waals surface area contributed by atoms with Crippen LogP contribution in [0.5, 0.6) is 0 Å². The van der Waals surface area contributed by atoms with E-state index in [1.807, 2.05) is 11.8 Å². The van der Waals surface area contributed by atoms with Crippen LogP contribution in [0.2, 0.25) is 0 Å². The van der Waals surface area contributed by atoms with E-state index in [9.17, 15) is 4.79 Å². The lowest BCUT2D eigenvalue weighted by atomic mass is 9.98. The van der Waals surface area contributed by atoms with Gasteiger partial charge in [0, 0.05) is 18.5 Å². The summed E-state index contributed by atoms with van der Waals surface area (Å²) in [6, 6.07) is 2.43. The Bertz CT molecular complexity index is 433. The number of urea groups is 1. The minimum atomic E-state index is 0.0215. The normalized spacial score (nSPS) is 19.9. The third kappa shape index (κ3) is 3.09. The fourth-order valence-corrected chi connectivity index (χ4v) is 3.59. The number of amides is 2. The van der Waals surface area contributed by atoms with Crippen LogP contribution in [-0.2, 0) is 11.2 Å². The number of hydrogen-bond donors (Lipinski definition) is 1. The van der Waals surface area contributed by atoms with Crippen molar-refractivity contribution in [1.29, 1.82) is 0 Å². The van der Waals surface area contributed by atoms with Crippen LogP contribution in [0.1, 0.15) is 36.8 Å². The lowest BCUT2D eigenvalue weighted by Gasteiger charge is -2.36. The van der Waals surface area contributed by atoms with Crippen LogP contribution < -0.4 is 5.32 Å². The highest BCUT2D eigenvalue weighted by molar-refractivity contribution is 7.10. The van der Waals surface area contributed by atoms with Crippen molar-refractivity contribution in [3.8, 4) is 0 Å². The molecule has 0 bridgehead atoms. The summed E-state index contributed by atoms with van der Waals surface area (Å²) in [7, 11) is 1.65. The number of fused-ring (bicyclic) bond motifs is 1. The van der Waals surface area contributed by atoms with Crippen molar-refractivity contribution in [2.45, 2.75) is 38.8 Å². The number of nitrogens with zero attached hydrogens (tertiary/aromatic N) is 1. The zero-order valence-electron chi connectivity index (χ0n) is 11.8. The molecule has 1 N–H and O–H groups in total. The Morgan fingerprint density at radius 3 is 3.16 bits per heavy atom. The second-order valence-corrected chi connectivity index (χ2v) is 5.97. The van der Waals surface area contributed by atoms with Crippen LogP contribution in [-0.4, -0.2) is 37.2 Å². The summed E-state index contributed by atoms with van der Waals surface area (Å²) in [6.45, 7) is 5.44. The fraction of sp³-hybridized carbons (Fsp3) is 0.643. The smallest absolute Gasteiger partial charge is 0.318 e. The molecule has 106 valence electrons. The average Bonchev–Trinajstić information content (AvgIpc) is 2.85. The van der Waals surface area contributed by atoms with Crippen molar-refractivity contribution in [2.24, 2.45) is 0 Å². The standard InChI is InChI=1S/C14H22N2O2S/c1-4-12-11-6-8-19-13(11)5-7-16(12)14(17)15-10(2)9-18-3/h6,8,10,12H,4-5,7,9H2,1-3H3,(H,15,17). The predicted molar refractivity (Wildman–Crippen MR) is 77.6 cm³/mol. The number of thiophene rings is 1. The molecule has 2 amide bonds. The minimum absolute atomic E-state index is 0.0215. The van der Waals surface area contributed by atoms with Crippen molar-refractivity contribution in [3.63, 3.8) is 0 Å². The molecule has 4 nitrogen and oxygen atoms in total. The fourth-order valence-electron chi connectivity index (χ4n) is 2.67. The van der Waals surface area contributed by atoms with Gasteiger partial charge in [-0.15, -0.1) is 11.3 Å². The molecular weight excluding hydrogens is 260 g/mol. The van der Waals surface area contributed by atoms with Gasteiger partial charge in [-0.05, 0) is 36.8 Å². The molecule has 19 heavy (non-hydrogen) atoms. The van der Waals surface area contributed by atoms with Crippen LogP contribution >= 0.6 is 11.3 Å². The van der Waals surface area contributed by atoms with Crippen LogP contribution in [0.3, 0.4) is 0 Å². The summed E-state index contributed by atoms with van der Waals surface area (Å²) in [6.07, 6.45) is 1.92. The highest BCUT2D eigenvalue weighted by atomic mass is 32.1. The number of carbonyl (C=O) groups excluding carboxylic acids is 1. The number of methoxy groups -OCH3 is 1. The van der Waals surface area contributed by atoms with Gasteiger partial charge in [0.2, 0.25) is 0 Å². The van der Waals surface area contributed by atoms with Crippen LogP contribution in [0.15, 0.2) is 11.4 Å². The molecule has 1 aromatic rings. The Morgan fingerprint density at radius 2 is 2.47 bits per heavy atom. The van der Waals surface area contributed by atoms with Gasteiger partial charge in [0.15, 0.2) is 0 Å². The number of hydrogen-bond acceptors (Lipinski definition) is 3. The molecule has 2 unspecified atom stereocenters. The van der Waals surface area contributed by atoms with E-state index in [1.54, 1.807) is 18.4 Å². The second kappa shape index (κ2) is 6.39. The molecule has 1 aliphatic rings. The van der Waals surface area contributed by atoms with Gasteiger partial charge < -0.3 is 15.0 Å². The minimum Gasteiger partial charge on any atom is -0.383 e. The maximum absolute atomic E-state index is 12.3. The summed E-state index contributed by atoms with van der Waals surface area (Å²) in [4.78, 5) is 15.7. The molecule has 5 heteroatoms. The quantitative estimate of drug-likeness (QED) is 0.922. The van der Waals surface area contributed by atoms with Crippen LogP contribution in [0, 0.1) is 0 Å². The van der Waals surface area contributed by atoms with Crippen molar-refractivity contribution in [3.05, 3.63) is 21.9 Å². The molecule has 2 rings (SSSR count). The molecule has 0 fully saturated rings. The van der Waals surface area contributed by atoms with E-state index in [0.29, 0.717) is 6.61 Å². The summed E-state index contributed by atoms with van der Waals surface area (Å²) in [5.41, 5.74) is 1.33. The first-order chi connectivity index (χ1) is 9.17. The zero-order chi connectivity index (χ0) is 13.8. The van der Waals surface area contributed by atoms with E-state index in [0.717, 1.165) is 19.4 Å². The molecule has 1 aliphatic heterocycles. The van der Waals surface area contributed by atoms with Crippen LogP contribution in [0.25, 0.3) is 0 Å². The third-order valence-electron chi connectivity index (χ3n) is 3.53. The topological polar surface area (TPSA) is 41.6 Å². The SMILES string of the molecule is CCC1c2ccsc2CCN1C(=O)NC(C)COC. The average molecular weight is 282 g/mol. The summed E-state index contributed by atoms with van der Waals surface area (Å²) in [5.74, 6) is 0. The van der Waals surface area contributed by atoms with Gasteiger partial charge in [-0.3, -0.25) is 0 Å². The number of nitrogens with one attached hydrogen (secondary N) is 1. The summed E-state index contributed by atoms with van der Waals surface area (Å²) in [5, 5.41) is 5.13. The Morgan fingerprint density at radius 1 is 1.68 bits per heavy atom. The maximum atomic E-state index is 12.3. The van der Waals surface area contributed by atoms with Gasteiger partial charge in [0.25, 0.3) is 0 Å². The van der Waals surface area contributed by atoms with E-state index in [4.69, 9.17) is 4.74 Å². The molecule has 0 spiro atoms. The van der Waals surface area contributed by atoms with Crippen LogP contribution in [0.4, 0.5) is 4.79 Å². The van der Waals surface area contributed by atoms with Gasteiger partial charge in [-0.25, -0.2) is 4.79 Å². The lowest BCUT2D eigenvalue weighted by molar-refractivity contribution is 0.145. The lowest BCUT2D eigenvalue weighted by Crippen LogP contribution is -2.48. The molecule has 0 aromatic carbocycles. The van der Waals surface area contributed by atoms with Gasteiger partial charge in [-0.2, -0.15) is 0 Å². The molecule has 1 aromatic heterocycles. The second-order valence-electron chi connectivity index (χ2n) is 4.97. The molecule has 0 saturated heterocycles. The third-order valence-corrected chi connectivity index (χ3v) is 4.53. The van der Waals surface area contributed by atoms with E-state index in [-0.39, 0.29) is 18.1 Å². The Kier molecular flexibility index (Phi) is 4.82. The Balaban J connectivity index is 2.06. The Labute approximate surface area is 118 Å². The van der Waals surface area contributed by atoms with Gasteiger partial charge >= 0.3 is 6.03 Å². The first-order valence-electron chi connectivity index (χ1n) is 6.79. The van der Waals surface area contributed by atoms with E-state index in [2.05, 4.69) is 23.7 Å². The zero-order valence-corrected chi connectivity index (χ0v) is 12.6. The van der Waals surface area contributed by atoms with E-state index >= 15 is 0 Å². The Hall–Kier alpha value is -1.07. The molecule has 0 radical (unpaired) electrons. The van der Waals surface area contributed by atoms with Gasteiger partial charge in [0.05, 0.1) is 18.7 Å². The highest BCUT2D eigenvalue weighted by Gasteiger charge is 2.30. The van der Waals surface area contributed by atoms with Crippen molar-refractivity contribution in [1.82, 2.24) is 10.2 Å². The van der Waals surface area contributed by atoms with Gasteiger partial charge in [-0.1, -0.05) is 6.92 Å². The molecule has 0 aliphatic carbocycles. The predicted octanol–water partition coefficient (Wildman–Crippen LogP) is 2.80. The maximum Gasteiger partial charge on any atom is 0.318 e. The first kappa shape index (κ1) is 14.3. The highest BCUT2D eigenvalue weighted by Crippen LogP contribution is 2.35. The largest absolute Gasteiger partial charge is 0.383 e. The molecule has 0 saturated carbocycles. The molecule has 2 heterocycles. The number of carbonyl (C=O) groups is 1. The van der Waals surface area contributed by atoms with E-state index in [1.165, 1.54) is 10.4 Å². The van der Waals surface area contributed by atoms with Gasteiger partial charge in [0.1, 0.15) is 0 Å². The number of rotatable bonds is 4. The van der Waals surface area contributed by atoms with Crippen molar-refractivity contribution < 1.29 is 9.53 Å².